The molecule has 2 N–H and O–H groups in total. The van der Waals surface area contributed by atoms with Gasteiger partial charge in [0, 0.05) is 25.7 Å². The van der Waals surface area contributed by atoms with Crippen LogP contribution in [0.5, 0.6) is 0 Å². The van der Waals surface area contributed by atoms with Gasteiger partial charge in [-0.15, -0.1) is 0 Å². The first-order chi connectivity index (χ1) is 8.35. The summed E-state index contributed by atoms with van der Waals surface area (Å²) >= 11 is 0. The summed E-state index contributed by atoms with van der Waals surface area (Å²) in [5.41, 5.74) is 6.29. The highest BCUT2D eigenvalue weighted by Crippen LogP contribution is 2.35. The molecule has 1 aliphatic rings. The first-order valence-electron chi connectivity index (χ1n) is 7.32. The van der Waals surface area contributed by atoms with E-state index in [0.717, 1.165) is 25.4 Å². The minimum Gasteiger partial charge on any atom is -0.379 e. The second-order valence-corrected chi connectivity index (χ2v) is 6.77. The summed E-state index contributed by atoms with van der Waals surface area (Å²) in [5.74, 6) is 0.806. The molecule has 1 rings (SSSR count). The molecule has 0 radical (unpaired) electrons. The largest absolute Gasteiger partial charge is 0.379 e. The molecule has 0 bridgehead atoms. The summed E-state index contributed by atoms with van der Waals surface area (Å²) in [7, 11) is 4.03. The Bertz CT molecular complexity index is 255. The molecule has 1 fully saturated rings. The van der Waals surface area contributed by atoms with Gasteiger partial charge in [-0.05, 0) is 46.1 Å². The van der Waals surface area contributed by atoms with E-state index in [1.165, 1.54) is 25.7 Å². The van der Waals surface area contributed by atoms with Gasteiger partial charge < -0.3 is 10.5 Å². The predicted molar refractivity (Wildman–Crippen MR) is 77.8 cm³/mol. The van der Waals surface area contributed by atoms with E-state index in [9.17, 15) is 0 Å². The van der Waals surface area contributed by atoms with E-state index in [1.807, 2.05) is 0 Å². The van der Waals surface area contributed by atoms with E-state index < -0.39 is 0 Å². The standard InChI is InChI=1S/C15H32N2O/c1-13-7-6-8-15(11-13,12-16)17(4)10-9-14(2,3)18-5/h13H,6-12,16H2,1-5H3. The third-order valence-electron chi connectivity index (χ3n) is 4.86. The molecular formula is C15H32N2O. The number of nitrogens with zero attached hydrogens (tertiary/aromatic N) is 1. The predicted octanol–water partition coefficient (Wildman–Crippen LogP) is 2.64. The number of methoxy groups -OCH3 is 1. The maximum Gasteiger partial charge on any atom is 0.0634 e. The number of nitrogens with two attached hydrogens (primary N) is 1. The first-order valence-corrected chi connectivity index (χ1v) is 7.32. The maximum absolute atomic E-state index is 6.10. The van der Waals surface area contributed by atoms with Gasteiger partial charge in [-0.3, -0.25) is 4.90 Å². The summed E-state index contributed by atoms with van der Waals surface area (Å²) in [4.78, 5) is 2.49. The molecule has 0 aromatic heterocycles. The van der Waals surface area contributed by atoms with Gasteiger partial charge in [0.15, 0.2) is 0 Å². The molecule has 1 aliphatic carbocycles. The van der Waals surface area contributed by atoms with E-state index in [4.69, 9.17) is 10.5 Å². The van der Waals surface area contributed by atoms with Gasteiger partial charge >= 0.3 is 0 Å². The molecule has 3 heteroatoms. The molecule has 0 aromatic carbocycles. The second kappa shape index (κ2) is 6.36. The number of hydrogen-bond acceptors (Lipinski definition) is 3. The van der Waals surface area contributed by atoms with Gasteiger partial charge in [-0.25, -0.2) is 0 Å². The van der Waals surface area contributed by atoms with Crippen molar-refractivity contribution >= 4 is 0 Å². The Labute approximate surface area is 113 Å². The van der Waals surface area contributed by atoms with Gasteiger partial charge in [-0.2, -0.15) is 0 Å². The van der Waals surface area contributed by atoms with Gasteiger partial charge in [-0.1, -0.05) is 19.8 Å². The summed E-state index contributed by atoms with van der Waals surface area (Å²) in [5, 5.41) is 0. The lowest BCUT2D eigenvalue weighted by molar-refractivity contribution is -0.00891. The lowest BCUT2D eigenvalue weighted by atomic mass is 9.75. The Morgan fingerprint density at radius 3 is 2.61 bits per heavy atom. The molecule has 0 amide bonds. The average molecular weight is 256 g/mol. The van der Waals surface area contributed by atoms with Crippen LogP contribution in [0.1, 0.15) is 52.9 Å². The van der Waals surface area contributed by atoms with Crippen LogP contribution in [0.25, 0.3) is 0 Å². The van der Waals surface area contributed by atoms with E-state index in [2.05, 4.69) is 32.7 Å². The number of hydrogen-bond donors (Lipinski definition) is 1. The molecule has 0 heterocycles. The van der Waals surface area contributed by atoms with Crippen LogP contribution in [0.15, 0.2) is 0 Å². The monoisotopic (exact) mass is 256 g/mol. The van der Waals surface area contributed by atoms with Crippen molar-refractivity contribution in [3.05, 3.63) is 0 Å². The molecule has 2 atom stereocenters. The summed E-state index contributed by atoms with van der Waals surface area (Å²) < 4.78 is 5.51. The van der Waals surface area contributed by atoms with E-state index in [0.29, 0.717) is 0 Å². The molecule has 0 aliphatic heterocycles. The molecule has 2 unspecified atom stereocenters. The van der Waals surface area contributed by atoms with Crippen LogP contribution < -0.4 is 5.73 Å². The van der Waals surface area contributed by atoms with Crippen LogP contribution in [0.3, 0.4) is 0 Å². The molecule has 3 nitrogen and oxygen atoms in total. The summed E-state index contributed by atoms with van der Waals surface area (Å²) in [6, 6.07) is 0. The van der Waals surface area contributed by atoms with Crippen molar-refractivity contribution in [2.75, 3.05) is 27.2 Å². The van der Waals surface area contributed by atoms with Gasteiger partial charge in [0.05, 0.1) is 5.60 Å². The molecule has 108 valence electrons. The maximum atomic E-state index is 6.10. The minimum atomic E-state index is -0.0374. The van der Waals surface area contributed by atoms with Crippen LogP contribution in [0.2, 0.25) is 0 Å². The highest BCUT2D eigenvalue weighted by Gasteiger charge is 2.37. The lowest BCUT2D eigenvalue weighted by Gasteiger charge is -2.47. The fourth-order valence-corrected chi connectivity index (χ4v) is 3.10. The summed E-state index contributed by atoms with van der Waals surface area (Å²) in [6.45, 7) is 8.50. The van der Waals surface area contributed by atoms with Crippen molar-refractivity contribution in [1.82, 2.24) is 4.90 Å². The van der Waals surface area contributed by atoms with Crippen molar-refractivity contribution in [2.24, 2.45) is 11.7 Å². The van der Waals surface area contributed by atoms with Crippen LogP contribution in [-0.2, 0) is 4.74 Å². The van der Waals surface area contributed by atoms with Crippen molar-refractivity contribution in [2.45, 2.75) is 64.0 Å². The molecule has 18 heavy (non-hydrogen) atoms. The molecular weight excluding hydrogens is 224 g/mol. The minimum absolute atomic E-state index is 0.0374. The highest BCUT2D eigenvalue weighted by molar-refractivity contribution is 4.95. The Kier molecular flexibility index (Phi) is 5.63. The number of rotatable bonds is 6. The normalized spacial score (nSPS) is 29.8. The zero-order valence-corrected chi connectivity index (χ0v) is 13.0. The molecule has 0 saturated heterocycles. The van der Waals surface area contributed by atoms with E-state index in [-0.39, 0.29) is 11.1 Å². The molecule has 0 spiro atoms. The number of ether oxygens (including phenoxy) is 1. The third kappa shape index (κ3) is 3.94. The highest BCUT2D eigenvalue weighted by atomic mass is 16.5. The van der Waals surface area contributed by atoms with Crippen LogP contribution >= 0.6 is 0 Å². The van der Waals surface area contributed by atoms with E-state index >= 15 is 0 Å². The zero-order chi connectivity index (χ0) is 13.8. The smallest absolute Gasteiger partial charge is 0.0634 e. The molecule has 1 saturated carbocycles. The first kappa shape index (κ1) is 15.9. The lowest BCUT2D eigenvalue weighted by Crippen LogP contribution is -2.55. The second-order valence-electron chi connectivity index (χ2n) is 6.77. The van der Waals surface area contributed by atoms with Gasteiger partial charge in [0.2, 0.25) is 0 Å². The number of likely N-dealkylation sites (N-methyl/N-ethyl adjacent to an activating group) is 1. The van der Waals surface area contributed by atoms with Gasteiger partial charge in [0.1, 0.15) is 0 Å². The van der Waals surface area contributed by atoms with E-state index in [1.54, 1.807) is 7.11 Å². The zero-order valence-electron chi connectivity index (χ0n) is 13.0. The van der Waals surface area contributed by atoms with Crippen LogP contribution in [0.4, 0.5) is 0 Å². The topological polar surface area (TPSA) is 38.5 Å². The molecule has 0 aromatic rings. The quantitative estimate of drug-likeness (QED) is 0.794. The Hall–Kier alpha value is -0.120. The van der Waals surface area contributed by atoms with Crippen molar-refractivity contribution in [3.63, 3.8) is 0 Å². The van der Waals surface area contributed by atoms with Crippen molar-refractivity contribution in [1.29, 1.82) is 0 Å². The SMILES string of the molecule is COC(C)(C)CCN(C)C1(CN)CCCC(C)C1. The fraction of sp³-hybridized carbons (Fsp3) is 1.00. The van der Waals surface area contributed by atoms with Crippen LogP contribution in [-0.4, -0.2) is 43.3 Å². The van der Waals surface area contributed by atoms with Crippen molar-refractivity contribution in [3.8, 4) is 0 Å². The Morgan fingerprint density at radius 2 is 2.11 bits per heavy atom. The van der Waals surface area contributed by atoms with Crippen molar-refractivity contribution < 1.29 is 4.74 Å². The third-order valence-corrected chi connectivity index (χ3v) is 4.86. The summed E-state index contributed by atoms with van der Waals surface area (Å²) in [6.07, 6.45) is 6.22. The van der Waals surface area contributed by atoms with Gasteiger partial charge in [0.25, 0.3) is 0 Å². The Morgan fingerprint density at radius 1 is 1.44 bits per heavy atom. The van der Waals surface area contributed by atoms with Crippen LogP contribution in [0, 0.1) is 5.92 Å². The Balaban J connectivity index is 2.59. The average Bonchev–Trinajstić information content (AvgIpc) is 2.35. The fourth-order valence-electron chi connectivity index (χ4n) is 3.10.